The Balaban J connectivity index is 2.47. The number of hydrogen-bond acceptors (Lipinski definition) is 3. The Morgan fingerprint density at radius 1 is 1.26 bits per heavy atom. The van der Waals surface area contributed by atoms with Gasteiger partial charge in [-0.25, -0.2) is 4.79 Å². The van der Waals surface area contributed by atoms with Crippen molar-refractivity contribution in [1.82, 2.24) is 10.6 Å². The van der Waals surface area contributed by atoms with E-state index in [1.807, 2.05) is 20.8 Å². The van der Waals surface area contributed by atoms with E-state index >= 15 is 0 Å². The van der Waals surface area contributed by atoms with Gasteiger partial charge in [0.15, 0.2) is 0 Å². The van der Waals surface area contributed by atoms with Gasteiger partial charge < -0.3 is 15.7 Å². The van der Waals surface area contributed by atoms with Crippen molar-refractivity contribution in [2.75, 3.05) is 12.3 Å². The molecule has 1 aromatic rings. The monoisotopic (exact) mass is 338 g/mol. The van der Waals surface area contributed by atoms with Crippen molar-refractivity contribution in [2.24, 2.45) is 5.41 Å². The topological polar surface area (TPSA) is 61.4 Å². The fraction of sp³-hybridized carbons (Fsp3) is 0.611. The number of carbonyl (C=O) groups is 1. The van der Waals surface area contributed by atoms with Crippen LogP contribution in [-0.4, -0.2) is 29.5 Å². The van der Waals surface area contributed by atoms with E-state index in [0.29, 0.717) is 13.0 Å². The number of benzene rings is 1. The largest absolute Gasteiger partial charge is 0.393 e. The van der Waals surface area contributed by atoms with Crippen LogP contribution in [0.4, 0.5) is 4.79 Å². The Labute approximate surface area is 144 Å². The molecule has 23 heavy (non-hydrogen) atoms. The second kappa shape index (κ2) is 9.18. The lowest BCUT2D eigenvalue weighted by atomic mass is 9.87. The molecule has 2 atom stereocenters. The molecule has 1 aromatic carbocycles. The van der Waals surface area contributed by atoms with Crippen LogP contribution >= 0.6 is 11.8 Å². The summed E-state index contributed by atoms with van der Waals surface area (Å²) in [6.07, 6.45) is 0.285. The van der Waals surface area contributed by atoms with Gasteiger partial charge in [-0.3, -0.25) is 0 Å². The summed E-state index contributed by atoms with van der Waals surface area (Å²) in [4.78, 5) is 13.3. The quantitative estimate of drug-likeness (QED) is 0.629. The lowest BCUT2D eigenvalue weighted by Crippen LogP contribution is -2.42. The molecule has 3 N–H and O–H groups in total. The number of urea groups is 1. The van der Waals surface area contributed by atoms with Crippen LogP contribution in [-0.2, 0) is 0 Å². The maximum Gasteiger partial charge on any atom is 0.315 e. The molecule has 4 nitrogen and oxygen atoms in total. The Morgan fingerprint density at radius 3 is 2.39 bits per heavy atom. The van der Waals surface area contributed by atoms with E-state index in [0.717, 1.165) is 11.3 Å². The van der Waals surface area contributed by atoms with Gasteiger partial charge in [-0.2, -0.15) is 0 Å². The van der Waals surface area contributed by atoms with Crippen molar-refractivity contribution < 1.29 is 9.90 Å². The summed E-state index contributed by atoms with van der Waals surface area (Å²) < 4.78 is 0. The molecule has 0 heterocycles. The number of aliphatic hydroxyl groups is 1. The minimum absolute atomic E-state index is 0.0458. The Bertz CT molecular complexity index is 486. The van der Waals surface area contributed by atoms with Gasteiger partial charge in [0.05, 0.1) is 12.1 Å². The summed E-state index contributed by atoms with van der Waals surface area (Å²) in [5, 5.41) is 15.3. The standard InChI is InChI=1S/C18H30N2O2S/c1-6-23-16-9-7-15(8-10-16)14(3)20-17(22)19-12-18(4,5)11-13(2)21/h7-10,13-14,21H,6,11-12H2,1-5H3,(H2,19,20,22). The average molecular weight is 339 g/mol. The molecular weight excluding hydrogens is 308 g/mol. The van der Waals surface area contributed by atoms with E-state index in [-0.39, 0.29) is 23.6 Å². The Kier molecular flexibility index (Phi) is 7.92. The number of rotatable bonds is 8. The molecule has 0 saturated heterocycles. The normalized spacial score (nSPS) is 14.2. The molecule has 130 valence electrons. The molecule has 0 radical (unpaired) electrons. The van der Waals surface area contributed by atoms with Crippen molar-refractivity contribution in [3.8, 4) is 0 Å². The van der Waals surface area contributed by atoms with E-state index in [9.17, 15) is 9.90 Å². The van der Waals surface area contributed by atoms with E-state index in [1.165, 1.54) is 4.90 Å². The first-order chi connectivity index (χ1) is 10.7. The molecule has 2 unspecified atom stereocenters. The highest BCUT2D eigenvalue weighted by Gasteiger charge is 2.21. The van der Waals surface area contributed by atoms with Crippen LogP contribution < -0.4 is 10.6 Å². The molecule has 5 heteroatoms. The molecule has 1 rings (SSSR count). The van der Waals surface area contributed by atoms with Crippen LogP contribution in [0.5, 0.6) is 0 Å². The van der Waals surface area contributed by atoms with Gasteiger partial charge in [-0.1, -0.05) is 32.9 Å². The zero-order valence-electron chi connectivity index (χ0n) is 14.8. The minimum atomic E-state index is -0.367. The smallest absolute Gasteiger partial charge is 0.315 e. The van der Waals surface area contributed by atoms with Crippen molar-refractivity contribution in [3.05, 3.63) is 29.8 Å². The van der Waals surface area contributed by atoms with Crippen molar-refractivity contribution in [2.45, 2.75) is 58.1 Å². The number of amides is 2. The third-order valence-corrected chi connectivity index (χ3v) is 4.51. The molecule has 0 spiro atoms. The molecule has 0 saturated carbocycles. The number of nitrogens with one attached hydrogen (secondary N) is 2. The average Bonchev–Trinajstić information content (AvgIpc) is 2.45. The van der Waals surface area contributed by atoms with Gasteiger partial charge in [-0.05, 0) is 49.1 Å². The van der Waals surface area contributed by atoms with E-state index in [4.69, 9.17) is 0 Å². The van der Waals surface area contributed by atoms with E-state index in [1.54, 1.807) is 18.7 Å². The van der Waals surface area contributed by atoms with Gasteiger partial charge in [0.1, 0.15) is 0 Å². The van der Waals surface area contributed by atoms with Crippen molar-refractivity contribution in [3.63, 3.8) is 0 Å². The summed E-state index contributed by atoms with van der Waals surface area (Å²) in [6, 6.07) is 8.07. The molecular formula is C18H30N2O2S. The number of aliphatic hydroxyl groups excluding tert-OH is 1. The van der Waals surface area contributed by atoms with Crippen LogP contribution in [0.3, 0.4) is 0 Å². The summed E-state index contributed by atoms with van der Waals surface area (Å²) in [7, 11) is 0. The highest BCUT2D eigenvalue weighted by molar-refractivity contribution is 7.99. The van der Waals surface area contributed by atoms with Crippen LogP contribution in [0, 0.1) is 5.41 Å². The SMILES string of the molecule is CCSc1ccc(C(C)NC(=O)NCC(C)(C)CC(C)O)cc1. The first kappa shape index (κ1) is 19.8. The van der Waals surface area contributed by atoms with Gasteiger partial charge in [-0.15, -0.1) is 11.8 Å². The van der Waals surface area contributed by atoms with E-state index in [2.05, 4.69) is 41.8 Å². The van der Waals surface area contributed by atoms with Gasteiger partial charge >= 0.3 is 6.03 Å². The fourth-order valence-electron chi connectivity index (χ4n) is 2.54. The first-order valence-electron chi connectivity index (χ1n) is 8.18. The highest BCUT2D eigenvalue weighted by Crippen LogP contribution is 2.22. The molecule has 2 amide bonds. The fourth-order valence-corrected chi connectivity index (χ4v) is 3.20. The number of thioether (sulfide) groups is 1. The van der Waals surface area contributed by atoms with Crippen LogP contribution in [0.1, 0.15) is 52.6 Å². The minimum Gasteiger partial charge on any atom is -0.393 e. The van der Waals surface area contributed by atoms with Gasteiger partial charge in [0.25, 0.3) is 0 Å². The molecule has 0 fully saturated rings. The summed E-state index contributed by atoms with van der Waals surface area (Å²) in [5.41, 5.74) is 0.956. The number of carbonyl (C=O) groups excluding carboxylic acids is 1. The van der Waals surface area contributed by atoms with Crippen LogP contribution in [0.25, 0.3) is 0 Å². The Hall–Kier alpha value is -1.20. The highest BCUT2D eigenvalue weighted by atomic mass is 32.2. The van der Waals surface area contributed by atoms with Gasteiger partial charge in [0, 0.05) is 11.4 Å². The van der Waals surface area contributed by atoms with E-state index < -0.39 is 0 Å². The zero-order chi connectivity index (χ0) is 17.5. The maximum atomic E-state index is 12.0. The van der Waals surface area contributed by atoms with Crippen LogP contribution in [0.2, 0.25) is 0 Å². The third-order valence-electron chi connectivity index (χ3n) is 3.61. The second-order valence-electron chi connectivity index (χ2n) is 6.77. The third kappa shape index (κ3) is 7.75. The van der Waals surface area contributed by atoms with Crippen molar-refractivity contribution >= 4 is 17.8 Å². The molecule has 0 bridgehead atoms. The predicted molar refractivity (Wildman–Crippen MR) is 97.9 cm³/mol. The first-order valence-corrected chi connectivity index (χ1v) is 9.17. The zero-order valence-corrected chi connectivity index (χ0v) is 15.7. The Morgan fingerprint density at radius 2 is 1.87 bits per heavy atom. The second-order valence-corrected chi connectivity index (χ2v) is 8.11. The lowest BCUT2D eigenvalue weighted by Gasteiger charge is -2.27. The number of hydrogen-bond donors (Lipinski definition) is 3. The maximum absolute atomic E-state index is 12.0. The van der Waals surface area contributed by atoms with Gasteiger partial charge in [0.2, 0.25) is 0 Å². The predicted octanol–water partition coefficient (Wildman–Crippen LogP) is 3.96. The van der Waals surface area contributed by atoms with Crippen LogP contribution in [0.15, 0.2) is 29.2 Å². The molecule has 0 aromatic heterocycles. The molecule has 0 aliphatic carbocycles. The van der Waals surface area contributed by atoms with Crippen molar-refractivity contribution in [1.29, 1.82) is 0 Å². The summed E-state index contributed by atoms with van der Waals surface area (Å²) in [6.45, 7) is 10.5. The lowest BCUT2D eigenvalue weighted by molar-refractivity contribution is 0.128. The molecule has 0 aliphatic rings. The summed E-state index contributed by atoms with van der Waals surface area (Å²) in [5.74, 6) is 1.05. The molecule has 0 aliphatic heterocycles. The summed E-state index contributed by atoms with van der Waals surface area (Å²) >= 11 is 1.81.